The molecule has 1 fully saturated rings. The average Bonchev–Trinajstić information content (AvgIpc) is 2.83. The van der Waals surface area contributed by atoms with E-state index in [4.69, 9.17) is 19.9 Å². The van der Waals surface area contributed by atoms with Gasteiger partial charge in [0.2, 0.25) is 0 Å². The van der Waals surface area contributed by atoms with Crippen molar-refractivity contribution in [1.29, 1.82) is 0 Å². The lowest BCUT2D eigenvalue weighted by Gasteiger charge is -2.27. The van der Waals surface area contributed by atoms with Crippen LogP contribution in [0.4, 0.5) is 10.2 Å². The Morgan fingerprint density at radius 3 is 2.39 bits per heavy atom. The third-order valence-electron chi connectivity index (χ3n) is 4.54. The molecule has 1 aliphatic heterocycles. The van der Waals surface area contributed by atoms with Gasteiger partial charge in [0.25, 0.3) is 5.56 Å². The van der Waals surface area contributed by atoms with E-state index in [1.54, 1.807) is 27.7 Å². The van der Waals surface area contributed by atoms with E-state index in [2.05, 4.69) is 4.98 Å². The van der Waals surface area contributed by atoms with Gasteiger partial charge in [-0.15, -0.1) is 0 Å². The molecule has 0 spiro atoms. The molecule has 2 rings (SSSR count). The van der Waals surface area contributed by atoms with Crippen LogP contribution in [0.2, 0.25) is 0 Å². The third kappa shape index (κ3) is 4.52. The topological polar surface area (TPSA) is 121 Å². The molecule has 28 heavy (non-hydrogen) atoms. The van der Waals surface area contributed by atoms with Gasteiger partial charge in [0.15, 0.2) is 11.8 Å². The van der Waals surface area contributed by atoms with Crippen molar-refractivity contribution in [1.82, 2.24) is 4.98 Å². The summed E-state index contributed by atoms with van der Waals surface area (Å²) in [5.74, 6) is -1.87. The van der Waals surface area contributed by atoms with Crippen molar-refractivity contribution in [3.8, 4) is 0 Å². The number of carbonyl (C=O) groups excluding carboxylic acids is 2. The van der Waals surface area contributed by atoms with E-state index < -0.39 is 47.4 Å². The lowest BCUT2D eigenvalue weighted by molar-refractivity contribution is -0.165. The standard InChI is InChI=1S/C19H27FN2O6/c1-9(2)17(24)26-8-12-15(28-18(25)10(3)4)19(5,20)14(27-12)11-6-7-13(21)22-16(11)23/h6-7,9-10,12,14-15H,8H2,1-5H3,(H3,21,22,23)/t12-,14+,15-,19+/m1/s1. The van der Waals surface area contributed by atoms with E-state index in [0.717, 1.165) is 0 Å². The van der Waals surface area contributed by atoms with Gasteiger partial charge in [0.1, 0.15) is 24.6 Å². The third-order valence-corrected chi connectivity index (χ3v) is 4.54. The molecule has 0 unspecified atom stereocenters. The first-order valence-corrected chi connectivity index (χ1v) is 9.15. The molecular formula is C19H27FN2O6. The minimum Gasteiger partial charge on any atom is -0.463 e. The number of H-pyrrole nitrogens is 1. The van der Waals surface area contributed by atoms with Crippen LogP contribution in [-0.4, -0.2) is 41.4 Å². The highest BCUT2D eigenvalue weighted by atomic mass is 19.1. The number of rotatable bonds is 6. The fraction of sp³-hybridized carbons (Fsp3) is 0.632. The van der Waals surface area contributed by atoms with Gasteiger partial charge in [-0.1, -0.05) is 27.7 Å². The number of alkyl halides is 1. The predicted octanol–water partition coefficient (Wildman–Crippen LogP) is 1.89. The summed E-state index contributed by atoms with van der Waals surface area (Å²) < 4.78 is 32.0. The summed E-state index contributed by atoms with van der Waals surface area (Å²) in [6, 6.07) is 2.78. The van der Waals surface area contributed by atoms with Gasteiger partial charge < -0.3 is 24.9 Å². The summed E-state index contributed by atoms with van der Waals surface area (Å²) in [6.45, 7) is 7.42. The van der Waals surface area contributed by atoms with Crippen LogP contribution in [0.1, 0.15) is 46.3 Å². The van der Waals surface area contributed by atoms with Crippen LogP contribution in [0.25, 0.3) is 0 Å². The summed E-state index contributed by atoms with van der Waals surface area (Å²) in [4.78, 5) is 38.5. The number of nitrogens with two attached hydrogens (primary N) is 1. The van der Waals surface area contributed by atoms with Crippen molar-refractivity contribution in [2.75, 3.05) is 12.3 Å². The highest BCUT2D eigenvalue weighted by Crippen LogP contribution is 2.45. The average molecular weight is 398 g/mol. The number of ether oxygens (including phenoxy) is 3. The molecule has 0 radical (unpaired) electrons. The summed E-state index contributed by atoms with van der Waals surface area (Å²) >= 11 is 0. The number of halogens is 1. The lowest BCUT2D eigenvalue weighted by Crippen LogP contribution is -2.44. The van der Waals surface area contributed by atoms with Gasteiger partial charge in [0.05, 0.1) is 11.8 Å². The van der Waals surface area contributed by atoms with Gasteiger partial charge in [-0.25, -0.2) is 4.39 Å². The molecule has 4 atom stereocenters. The van der Waals surface area contributed by atoms with E-state index in [9.17, 15) is 14.4 Å². The molecule has 9 heteroatoms. The molecule has 0 aromatic carbocycles. The largest absolute Gasteiger partial charge is 0.463 e. The highest BCUT2D eigenvalue weighted by molar-refractivity contribution is 5.72. The van der Waals surface area contributed by atoms with Crippen LogP contribution in [0.5, 0.6) is 0 Å². The first-order chi connectivity index (χ1) is 12.9. The monoisotopic (exact) mass is 398 g/mol. The van der Waals surface area contributed by atoms with E-state index in [0.29, 0.717) is 0 Å². The molecule has 1 aliphatic rings. The number of esters is 2. The normalized spacial score (nSPS) is 27.2. The molecule has 0 bridgehead atoms. The fourth-order valence-electron chi connectivity index (χ4n) is 2.89. The summed E-state index contributed by atoms with van der Waals surface area (Å²) in [7, 11) is 0. The summed E-state index contributed by atoms with van der Waals surface area (Å²) in [6.07, 6.45) is -3.75. The zero-order chi connectivity index (χ0) is 21.2. The molecular weight excluding hydrogens is 371 g/mol. The van der Waals surface area contributed by atoms with E-state index >= 15 is 4.39 Å². The minimum absolute atomic E-state index is 0.00230. The van der Waals surface area contributed by atoms with E-state index in [1.165, 1.54) is 19.1 Å². The first kappa shape index (κ1) is 21.9. The van der Waals surface area contributed by atoms with Gasteiger partial charge in [-0.3, -0.25) is 14.4 Å². The van der Waals surface area contributed by atoms with Crippen LogP contribution in [0.3, 0.4) is 0 Å². The van der Waals surface area contributed by atoms with Crippen molar-refractivity contribution < 1.29 is 28.2 Å². The van der Waals surface area contributed by atoms with Crippen LogP contribution < -0.4 is 11.3 Å². The first-order valence-electron chi connectivity index (χ1n) is 9.15. The second-order valence-corrected chi connectivity index (χ2v) is 7.70. The minimum atomic E-state index is -2.23. The SMILES string of the molecule is CC(C)C(=O)OC[C@H]1O[C@@H](c2ccc(N)[nH]c2=O)[C@](C)(F)[C@@H]1OC(=O)C(C)C. The number of hydrogen-bond acceptors (Lipinski definition) is 7. The zero-order valence-corrected chi connectivity index (χ0v) is 16.7. The molecule has 8 nitrogen and oxygen atoms in total. The summed E-state index contributed by atoms with van der Waals surface area (Å²) in [5.41, 5.74) is 2.70. The maximum Gasteiger partial charge on any atom is 0.308 e. The Bertz CT molecular complexity index is 789. The van der Waals surface area contributed by atoms with Crippen molar-refractivity contribution in [3.05, 3.63) is 28.0 Å². The maximum atomic E-state index is 15.7. The fourth-order valence-corrected chi connectivity index (χ4v) is 2.89. The maximum absolute atomic E-state index is 15.7. The van der Waals surface area contributed by atoms with E-state index in [1.807, 2.05) is 0 Å². The molecule has 156 valence electrons. The van der Waals surface area contributed by atoms with Crippen LogP contribution >= 0.6 is 0 Å². The molecule has 3 N–H and O–H groups in total. The summed E-state index contributed by atoms with van der Waals surface area (Å²) in [5, 5.41) is 0. The predicted molar refractivity (Wildman–Crippen MR) is 99.1 cm³/mol. The Hall–Kier alpha value is -2.42. The van der Waals surface area contributed by atoms with Gasteiger partial charge in [-0.05, 0) is 19.1 Å². The Balaban J connectivity index is 2.34. The van der Waals surface area contributed by atoms with Crippen LogP contribution in [-0.2, 0) is 23.8 Å². The lowest BCUT2D eigenvalue weighted by atomic mass is 9.90. The number of nitrogens with one attached hydrogen (secondary N) is 1. The molecule has 0 saturated carbocycles. The quantitative estimate of drug-likeness (QED) is 0.702. The Labute approximate surface area is 162 Å². The van der Waals surface area contributed by atoms with Gasteiger partial charge >= 0.3 is 11.9 Å². The van der Waals surface area contributed by atoms with Crippen molar-refractivity contribution in [2.45, 2.75) is 58.6 Å². The molecule has 0 aliphatic carbocycles. The van der Waals surface area contributed by atoms with Gasteiger partial charge in [0, 0.05) is 5.56 Å². The van der Waals surface area contributed by atoms with Gasteiger partial charge in [-0.2, -0.15) is 0 Å². The van der Waals surface area contributed by atoms with Crippen LogP contribution in [0, 0.1) is 11.8 Å². The Kier molecular flexibility index (Phi) is 6.48. The smallest absolute Gasteiger partial charge is 0.308 e. The Morgan fingerprint density at radius 1 is 1.25 bits per heavy atom. The van der Waals surface area contributed by atoms with Crippen molar-refractivity contribution >= 4 is 17.8 Å². The zero-order valence-electron chi connectivity index (χ0n) is 16.7. The van der Waals surface area contributed by atoms with Crippen molar-refractivity contribution in [2.24, 2.45) is 11.8 Å². The number of hydrogen-bond donors (Lipinski definition) is 2. The molecule has 0 amide bonds. The molecule has 1 aromatic rings. The molecule has 2 heterocycles. The number of aromatic amines is 1. The number of aromatic nitrogens is 1. The number of carbonyl (C=O) groups is 2. The number of pyridine rings is 1. The van der Waals surface area contributed by atoms with Crippen LogP contribution in [0.15, 0.2) is 16.9 Å². The Morgan fingerprint density at radius 2 is 1.86 bits per heavy atom. The molecule has 1 aromatic heterocycles. The second-order valence-electron chi connectivity index (χ2n) is 7.70. The number of anilines is 1. The molecule has 1 saturated heterocycles. The second kappa shape index (κ2) is 8.30. The highest BCUT2D eigenvalue weighted by Gasteiger charge is 2.58. The van der Waals surface area contributed by atoms with E-state index in [-0.39, 0.29) is 23.9 Å². The van der Waals surface area contributed by atoms with Crippen molar-refractivity contribution in [3.63, 3.8) is 0 Å². The number of nitrogen functional groups attached to an aromatic ring is 1.